The molecule has 4 rings (SSSR count). The van der Waals surface area contributed by atoms with Gasteiger partial charge in [0.1, 0.15) is 24.6 Å². The van der Waals surface area contributed by atoms with Crippen molar-refractivity contribution in [3.05, 3.63) is 48.5 Å². The molecule has 0 bridgehead atoms. The molecule has 4 N–H and O–H groups in total. The minimum atomic E-state index is -1.19. The fourth-order valence-corrected chi connectivity index (χ4v) is 3.06. The van der Waals surface area contributed by atoms with E-state index < -0.39 is 24.5 Å². The van der Waals surface area contributed by atoms with E-state index in [0.29, 0.717) is 23.5 Å². The SMILES string of the molecule is OC[C@H]1O[C@H](n2cnc3c(NCc4ccccc4)ncnc32)[C@@H](O)C1O. The molecule has 9 heteroatoms. The number of aliphatic hydroxyl groups excluding tert-OH is 3. The number of rotatable bonds is 5. The van der Waals surface area contributed by atoms with Gasteiger partial charge in [0.2, 0.25) is 0 Å². The van der Waals surface area contributed by atoms with E-state index in [-0.39, 0.29) is 6.61 Å². The van der Waals surface area contributed by atoms with Gasteiger partial charge in [-0.1, -0.05) is 30.3 Å². The van der Waals surface area contributed by atoms with E-state index in [9.17, 15) is 15.3 Å². The molecule has 26 heavy (non-hydrogen) atoms. The van der Waals surface area contributed by atoms with Crippen LogP contribution < -0.4 is 5.32 Å². The number of ether oxygens (including phenoxy) is 1. The Hall–Kier alpha value is -2.59. The quantitative estimate of drug-likeness (QED) is 0.505. The minimum absolute atomic E-state index is 0.389. The number of aliphatic hydroxyl groups is 3. The molecule has 1 saturated heterocycles. The molecule has 0 aliphatic carbocycles. The van der Waals surface area contributed by atoms with Gasteiger partial charge in [0.25, 0.3) is 0 Å². The summed E-state index contributed by atoms with van der Waals surface area (Å²) >= 11 is 0. The Bertz CT molecular complexity index is 887. The van der Waals surface area contributed by atoms with Crippen LogP contribution in [-0.4, -0.2) is 59.8 Å². The van der Waals surface area contributed by atoms with Crippen molar-refractivity contribution < 1.29 is 20.1 Å². The third-order valence-electron chi connectivity index (χ3n) is 4.45. The van der Waals surface area contributed by atoms with Gasteiger partial charge in [0.05, 0.1) is 12.9 Å². The summed E-state index contributed by atoms with van der Waals surface area (Å²) in [5.41, 5.74) is 2.09. The topological polar surface area (TPSA) is 126 Å². The molecule has 1 unspecified atom stereocenters. The number of fused-ring (bicyclic) bond motifs is 1. The number of nitrogens with one attached hydrogen (secondary N) is 1. The maximum absolute atomic E-state index is 10.2. The third-order valence-corrected chi connectivity index (χ3v) is 4.45. The number of benzene rings is 1. The first kappa shape index (κ1) is 16.9. The molecule has 1 aromatic carbocycles. The van der Waals surface area contributed by atoms with Gasteiger partial charge in [0.15, 0.2) is 23.2 Å². The Morgan fingerprint density at radius 3 is 2.62 bits per heavy atom. The first-order valence-corrected chi connectivity index (χ1v) is 8.27. The molecule has 0 amide bonds. The van der Waals surface area contributed by atoms with E-state index in [1.807, 2.05) is 30.3 Å². The second kappa shape index (κ2) is 6.96. The van der Waals surface area contributed by atoms with Crippen molar-refractivity contribution in [3.8, 4) is 0 Å². The van der Waals surface area contributed by atoms with Crippen molar-refractivity contribution >= 4 is 17.0 Å². The van der Waals surface area contributed by atoms with Crippen LogP contribution in [0.1, 0.15) is 11.8 Å². The van der Waals surface area contributed by atoms with Crippen molar-refractivity contribution in [2.24, 2.45) is 0 Å². The molecule has 0 spiro atoms. The lowest BCUT2D eigenvalue weighted by Gasteiger charge is -2.16. The lowest BCUT2D eigenvalue weighted by Crippen LogP contribution is -2.33. The number of hydrogen-bond acceptors (Lipinski definition) is 8. The van der Waals surface area contributed by atoms with Crippen LogP contribution in [0.2, 0.25) is 0 Å². The summed E-state index contributed by atoms with van der Waals surface area (Å²) in [4.78, 5) is 12.8. The standard InChI is InChI=1S/C17H19N5O4/c23-7-11-13(24)14(25)17(26-11)22-9-21-12-15(19-8-20-16(12)22)18-6-10-4-2-1-3-5-10/h1-5,8-9,11,13-14,17,23-25H,6-7H2,(H,18,19,20)/t11-,13?,14+,17+/m1/s1. The van der Waals surface area contributed by atoms with Gasteiger partial charge in [-0.05, 0) is 5.56 Å². The van der Waals surface area contributed by atoms with E-state index >= 15 is 0 Å². The summed E-state index contributed by atoms with van der Waals surface area (Å²) in [6, 6.07) is 9.88. The van der Waals surface area contributed by atoms with Gasteiger partial charge in [-0.15, -0.1) is 0 Å². The monoisotopic (exact) mass is 357 g/mol. The second-order valence-corrected chi connectivity index (χ2v) is 6.11. The molecule has 1 fully saturated rings. The maximum atomic E-state index is 10.2. The fraction of sp³-hybridized carbons (Fsp3) is 0.353. The Labute approximate surface area is 148 Å². The van der Waals surface area contributed by atoms with Crippen molar-refractivity contribution in [3.63, 3.8) is 0 Å². The minimum Gasteiger partial charge on any atom is -0.394 e. The molecule has 3 heterocycles. The van der Waals surface area contributed by atoms with Crippen molar-refractivity contribution in [1.82, 2.24) is 19.5 Å². The molecule has 1 aliphatic heterocycles. The van der Waals surface area contributed by atoms with Crippen LogP contribution in [0, 0.1) is 0 Å². The number of anilines is 1. The summed E-state index contributed by atoms with van der Waals surface area (Å²) in [5.74, 6) is 0.560. The van der Waals surface area contributed by atoms with Crippen LogP contribution in [0.3, 0.4) is 0 Å². The number of nitrogens with zero attached hydrogens (tertiary/aromatic N) is 4. The van der Waals surface area contributed by atoms with Gasteiger partial charge >= 0.3 is 0 Å². The van der Waals surface area contributed by atoms with E-state index in [1.54, 1.807) is 0 Å². The largest absolute Gasteiger partial charge is 0.394 e. The highest BCUT2D eigenvalue weighted by atomic mass is 16.6. The van der Waals surface area contributed by atoms with E-state index in [0.717, 1.165) is 5.56 Å². The summed E-state index contributed by atoms with van der Waals surface area (Å²) in [5, 5.41) is 32.6. The molecule has 3 aromatic rings. The highest BCUT2D eigenvalue weighted by Crippen LogP contribution is 2.32. The first-order chi connectivity index (χ1) is 12.7. The lowest BCUT2D eigenvalue weighted by molar-refractivity contribution is -0.0511. The van der Waals surface area contributed by atoms with Gasteiger partial charge in [-0.3, -0.25) is 4.57 Å². The van der Waals surface area contributed by atoms with E-state index in [4.69, 9.17) is 4.74 Å². The molecule has 9 nitrogen and oxygen atoms in total. The van der Waals surface area contributed by atoms with Crippen LogP contribution in [0.5, 0.6) is 0 Å². The van der Waals surface area contributed by atoms with Crippen LogP contribution in [0.15, 0.2) is 43.0 Å². The average Bonchev–Trinajstić information content (AvgIpc) is 3.23. The molecule has 136 valence electrons. The fourth-order valence-electron chi connectivity index (χ4n) is 3.06. The molecule has 2 aromatic heterocycles. The lowest BCUT2D eigenvalue weighted by atomic mass is 10.1. The Balaban J connectivity index is 1.61. The zero-order valence-electron chi connectivity index (χ0n) is 13.8. The summed E-state index contributed by atoms with van der Waals surface area (Å²) in [6.45, 7) is 0.188. The summed E-state index contributed by atoms with van der Waals surface area (Å²) in [6.07, 6.45) is -1.24. The average molecular weight is 357 g/mol. The second-order valence-electron chi connectivity index (χ2n) is 6.11. The van der Waals surface area contributed by atoms with Crippen LogP contribution in [0.25, 0.3) is 11.2 Å². The number of hydrogen-bond donors (Lipinski definition) is 4. The molecule has 4 atom stereocenters. The molecule has 0 radical (unpaired) electrons. The number of imidazole rings is 1. The van der Waals surface area contributed by atoms with Crippen molar-refractivity contribution in [2.75, 3.05) is 11.9 Å². The highest BCUT2D eigenvalue weighted by Gasteiger charge is 2.44. The van der Waals surface area contributed by atoms with Gasteiger partial charge in [-0.25, -0.2) is 15.0 Å². The Morgan fingerprint density at radius 1 is 1.08 bits per heavy atom. The molecular formula is C17H19N5O4. The molecule has 1 aliphatic rings. The predicted octanol–water partition coefficient (Wildman–Crippen LogP) is 0.0499. The van der Waals surface area contributed by atoms with Crippen LogP contribution >= 0.6 is 0 Å². The van der Waals surface area contributed by atoms with Crippen molar-refractivity contribution in [2.45, 2.75) is 31.1 Å². The smallest absolute Gasteiger partial charge is 0.167 e. The number of aromatic nitrogens is 4. The van der Waals surface area contributed by atoms with Gasteiger partial charge < -0.3 is 25.4 Å². The maximum Gasteiger partial charge on any atom is 0.167 e. The zero-order chi connectivity index (χ0) is 18.1. The van der Waals surface area contributed by atoms with E-state index in [2.05, 4.69) is 20.3 Å². The Kier molecular flexibility index (Phi) is 4.51. The Morgan fingerprint density at radius 2 is 1.88 bits per heavy atom. The molecular weight excluding hydrogens is 338 g/mol. The molecule has 0 saturated carbocycles. The van der Waals surface area contributed by atoms with E-state index in [1.165, 1.54) is 17.2 Å². The zero-order valence-corrected chi connectivity index (χ0v) is 13.8. The van der Waals surface area contributed by atoms with Gasteiger partial charge in [-0.2, -0.15) is 0 Å². The first-order valence-electron chi connectivity index (χ1n) is 8.27. The third kappa shape index (κ3) is 2.90. The normalized spacial score (nSPS) is 25.7. The highest BCUT2D eigenvalue weighted by molar-refractivity contribution is 5.82. The van der Waals surface area contributed by atoms with Gasteiger partial charge in [0, 0.05) is 6.54 Å². The summed E-state index contributed by atoms with van der Waals surface area (Å²) < 4.78 is 7.08. The predicted molar refractivity (Wildman–Crippen MR) is 92.1 cm³/mol. The summed E-state index contributed by atoms with van der Waals surface area (Å²) in [7, 11) is 0. The van der Waals surface area contributed by atoms with Crippen molar-refractivity contribution in [1.29, 1.82) is 0 Å². The van der Waals surface area contributed by atoms with Crippen LogP contribution in [-0.2, 0) is 11.3 Å². The van der Waals surface area contributed by atoms with Crippen LogP contribution in [0.4, 0.5) is 5.82 Å².